The van der Waals surface area contributed by atoms with Crippen molar-refractivity contribution in [1.82, 2.24) is 0 Å². The number of carbonyl (C=O) groups is 2. The number of rotatable bonds is 39. The van der Waals surface area contributed by atoms with Crippen molar-refractivity contribution in [3.8, 4) is 0 Å². The Labute approximate surface area is 344 Å². The van der Waals surface area contributed by atoms with Gasteiger partial charge in [-0.3, -0.25) is 9.59 Å². The van der Waals surface area contributed by atoms with Crippen LogP contribution in [0.1, 0.15) is 175 Å². The van der Waals surface area contributed by atoms with E-state index in [4.69, 9.17) is 14.2 Å². The predicted molar refractivity (Wildman–Crippen MR) is 242 cm³/mol. The first-order valence-electron chi connectivity index (χ1n) is 22.4. The number of carbonyl (C=O) groups excluding carboxylic acids is 2. The van der Waals surface area contributed by atoms with Crippen LogP contribution in [0.15, 0.2) is 109 Å². The average molecular weight is 775 g/mol. The molecule has 0 fully saturated rings. The highest BCUT2D eigenvalue weighted by molar-refractivity contribution is 5.70. The number of unbranched alkanes of at least 4 members (excludes halogenated alkanes) is 10. The summed E-state index contributed by atoms with van der Waals surface area (Å²) in [5.41, 5.74) is 0. The van der Waals surface area contributed by atoms with Gasteiger partial charge in [0.1, 0.15) is 6.61 Å². The van der Waals surface area contributed by atoms with Gasteiger partial charge in [0.15, 0.2) is 6.10 Å². The lowest BCUT2D eigenvalue weighted by atomic mass is 10.1. The van der Waals surface area contributed by atoms with E-state index >= 15 is 0 Å². The molecule has 0 aliphatic carbocycles. The highest BCUT2D eigenvalue weighted by atomic mass is 16.6. The molecule has 0 aromatic rings. The van der Waals surface area contributed by atoms with Gasteiger partial charge in [-0.05, 0) is 109 Å². The first-order chi connectivity index (χ1) is 27.6. The van der Waals surface area contributed by atoms with Crippen molar-refractivity contribution < 1.29 is 23.8 Å². The predicted octanol–water partition coefficient (Wildman–Crippen LogP) is 14.9. The Morgan fingerprint density at radius 2 is 0.804 bits per heavy atom. The quantitative estimate of drug-likeness (QED) is 0.0354. The number of hydrogen-bond acceptors (Lipinski definition) is 5. The van der Waals surface area contributed by atoms with Gasteiger partial charge in [-0.15, -0.1) is 0 Å². The molecule has 5 nitrogen and oxygen atoms in total. The zero-order chi connectivity index (χ0) is 40.7. The summed E-state index contributed by atoms with van der Waals surface area (Å²) >= 11 is 0. The molecule has 316 valence electrons. The smallest absolute Gasteiger partial charge is 0.306 e. The van der Waals surface area contributed by atoms with Crippen molar-refractivity contribution in [2.45, 2.75) is 181 Å². The van der Waals surface area contributed by atoms with E-state index < -0.39 is 6.10 Å². The number of ether oxygens (including phenoxy) is 3. The van der Waals surface area contributed by atoms with Crippen LogP contribution in [-0.2, 0) is 23.8 Å². The summed E-state index contributed by atoms with van der Waals surface area (Å²) in [5, 5.41) is 0. The molecule has 0 amide bonds. The van der Waals surface area contributed by atoms with E-state index in [1.807, 2.05) is 0 Å². The molecule has 0 bridgehead atoms. The number of hydrogen-bond donors (Lipinski definition) is 0. The fourth-order valence-electron chi connectivity index (χ4n) is 5.50. The van der Waals surface area contributed by atoms with E-state index in [-0.39, 0.29) is 25.2 Å². The van der Waals surface area contributed by atoms with Crippen LogP contribution in [0.25, 0.3) is 0 Å². The summed E-state index contributed by atoms with van der Waals surface area (Å²) in [4.78, 5) is 25.2. The fourth-order valence-corrected chi connectivity index (χ4v) is 5.50. The van der Waals surface area contributed by atoms with Crippen LogP contribution in [0.2, 0.25) is 0 Å². The van der Waals surface area contributed by atoms with E-state index in [0.29, 0.717) is 19.4 Å². The van der Waals surface area contributed by atoms with E-state index in [1.54, 1.807) is 0 Å². The number of esters is 2. The fraction of sp³-hybridized carbons (Fsp3) is 0.608. The lowest BCUT2D eigenvalue weighted by molar-refractivity contribution is -0.163. The average Bonchev–Trinajstić information content (AvgIpc) is 3.20. The van der Waals surface area contributed by atoms with E-state index in [2.05, 4.69) is 130 Å². The summed E-state index contributed by atoms with van der Waals surface area (Å²) in [6.07, 6.45) is 62.4. The summed E-state index contributed by atoms with van der Waals surface area (Å²) in [6, 6.07) is 0. The largest absolute Gasteiger partial charge is 0.462 e. The van der Waals surface area contributed by atoms with Crippen molar-refractivity contribution in [1.29, 1.82) is 0 Å². The maximum absolute atomic E-state index is 12.7. The lowest BCUT2D eigenvalue weighted by Gasteiger charge is -2.18. The van der Waals surface area contributed by atoms with Crippen molar-refractivity contribution in [2.24, 2.45) is 0 Å². The molecule has 0 rings (SSSR count). The van der Waals surface area contributed by atoms with Gasteiger partial charge >= 0.3 is 11.9 Å². The van der Waals surface area contributed by atoms with Gasteiger partial charge in [-0.1, -0.05) is 162 Å². The van der Waals surface area contributed by atoms with Gasteiger partial charge in [-0.25, -0.2) is 0 Å². The lowest BCUT2D eigenvalue weighted by Crippen LogP contribution is -2.30. The maximum atomic E-state index is 12.7. The van der Waals surface area contributed by atoms with Crippen LogP contribution in [0.3, 0.4) is 0 Å². The molecule has 0 saturated heterocycles. The van der Waals surface area contributed by atoms with Crippen LogP contribution >= 0.6 is 0 Å². The summed E-state index contributed by atoms with van der Waals surface area (Å²) in [6.45, 7) is 7.32. The zero-order valence-corrected chi connectivity index (χ0v) is 36.1. The molecule has 0 aliphatic rings. The molecule has 0 aromatic heterocycles. The Hall–Kier alpha value is -3.44. The van der Waals surface area contributed by atoms with Gasteiger partial charge in [-0.2, -0.15) is 0 Å². The van der Waals surface area contributed by atoms with E-state index in [0.717, 1.165) is 122 Å². The molecule has 0 heterocycles. The first-order valence-corrected chi connectivity index (χ1v) is 22.4. The third-order valence-corrected chi connectivity index (χ3v) is 8.75. The zero-order valence-electron chi connectivity index (χ0n) is 36.1. The molecular formula is C51H82O5. The van der Waals surface area contributed by atoms with Gasteiger partial charge in [0, 0.05) is 19.4 Å². The van der Waals surface area contributed by atoms with Gasteiger partial charge in [0.25, 0.3) is 0 Å². The molecule has 1 atom stereocenters. The van der Waals surface area contributed by atoms with Crippen LogP contribution in [-0.4, -0.2) is 37.9 Å². The second kappa shape index (κ2) is 45.9. The molecule has 0 radical (unpaired) electrons. The maximum Gasteiger partial charge on any atom is 0.306 e. The standard InChI is InChI=1S/C51H82O5/c1-4-7-10-13-16-19-22-25-28-31-34-37-40-43-46-54-47-49(56-51(53)45-42-39-36-33-30-27-24-21-18-15-12-9-6-3)48-55-50(52)44-41-38-35-32-29-26-23-20-17-14-11-8-5-2/h7-8,10-12,15-17,19-21,24-26,28-29,34,37,49H,4-6,9,13-14,18,22-23,27,30-33,35-36,38-48H2,1-3H3/b10-7-,11-8-,15-12-,19-16-,20-17-,24-21-,28-25-,29-26-,37-34-. The molecule has 1 unspecified atom stereocenters. The molecule has 0 N–H and O–H groups in total. The van der Waals surface area contributed by atoms with Crippen LogP contribution < -0.4 is 0 Å². The van der Waals surface area contributed by atoms with E-state index in [1.165, 1.54) is 19.3 Å². The Morgan fingerprint density at radius 3 is 1.30 bits per heavy atom. The normalized spacial score (nSPS) is 13.3. The third kappa shape index (κ3) is 43.3. The van der Waals surface area contributed by atoms with Crippen LogP contribution in [0.4, 0.5) is 0 Å². The molecule has 0 saturated carbocycles. The second-order valence-electron chi connectivity index (χ2n) is 14.2. The highest BCUT2D eigenvalue weighted by Gasteiger charge is 2.17. The van der Waals surface area contributed by atoms with Crippen molar-refractivity contribution >= 4 is 11.9 Å². The molecule has 5 heteroatoms. The topological polar surface area (TPSA) is 61.8 Å². The highest BCUT2D eigenvalue weighted by Crippen LogP contribution is 2.11. The second-order valence-corrected chi connectivity index (χ2v) is 14.2. The van der Waals surface area contributed by atoms with E-state index in [9.17, 15) is 9.59 Å². The minimum atomic E-state index is -0.589. The molecule has 56 heavy (non-hydrogen) atoms. The molecule has 0 spiro atoms. The third-order valence-electron chi connectivity index (χ3n) is 8.75. The Balaban J connectivity index is 4.45. The van der Waals surface area contributed by atoms with Gasteiger partial charge in [0.05, 0.1) is 6.61 Å². The van der Waals surface area contributed by atoms with Crippen molar-refractivity contribution in [3.63, 3.8) is 0 Å². The minimum Gasteiger partial charge on any atom is -0.462 e. The molecule has 0 aromatic carbocycles. The van der Waals surface area contributed by atoms with Crippen molar-refractivity contribution in [3.05, 3.63) is 109 Å². The summed E-state index contributed by atoms with van der Waals surface area (Å²) in [5.74, 6) is -0.489. The van der Waals surface area contributed by atoms with Crippen molar-refractivity contribution in [2.75, 3.05) is 19.8 Å². The molecular weight excluding hydrogens is 693 g/mol. The monoisotopic (exact) mass is 775 g/mol. The van der Waals surface area contributed by atoms with Crippen LogP contribution in [0.5, 0.6) is 0 Å². The SMILES string of the molecule is CC/C=C\C/C=C\C/C=C\C/C=C\CCCOCC(COC(=O)CCCCC/C=C\C/C=C\C/C=C\CC)OC(=O)CCCCCCC/C=C\C/C=C\CCC. The minimum absolute atomic E-state index is 0.0356. The van der Waals surface area contributed by atoms with Gasteiger partial charge in [0.2, 0.25) is 0 Å². The number of allylic oxidation sites excluding steroid dienone is 18. The van der Waals surface area contributed by atoms with Crippen LogP contribution in [0, 0.1) is 0 Å². The first kappa shape index (κ1) is 52.6. The Kier molecular flexibility index (Phi) is 43.1. The summed E-state index contributed by atoms with van der Waals surface area (Å²) < 4.78 is 17.2. The molecule has 0 aliphatic heterocycles. The van der Waals surface area contributed by atoms with Gasteiger partial charge < -0.3 is 14.2 Å². The summed E-state index contributed by atoms with van der Waals surface area (Å²) in [7, 11) is 0. The Bertz CT molecular complexity index is 1150. The Morgan fingerprint density at radius 1 is 0.411 bits per heavy atom.